The molecule has 1 heterocycles. The second-order valence-electron chi connectivity index (χ2n) is 10.7. The first-order chi connectivity index (χ1) is 20.9. The number of carbonyl (C=O) groups is 3. The zero-order valence-electron chi connectivity index (χ0n) is 24.0. The summed E-state index contributed by atoms with van der Waals surface area (Å²) in [6, 6.07) is 21.3. The van der Waals surface area contributed by atoms with Crippen molar-refractivity contribution in [2.45, 2.75) is 64.0 Å². The molecule has 222 valence electrons. The number of ether oxygens (including phenoxy) is 2. The summed E-state index contributed by atoms with van der Waals surface area (Å²) in [4.78, 5) is 40.3. The number of carboxylic acids is 1. The summed E-state index contributed by atoms with van der Waals surface area (Å²) in [5, 5.41) is 17.1. The number of amides is 2. The Morgan fingerprint density at radius 3 is 2.33 bits per heavy atom. The Kier molecular flexibility index (Phi) is 9.51. The van der Waals surface area contributed by atoms with Crippen LogP contribution in [0.5, 0.6) is 17.4 Å². The zero-order chi connectivity index (χ0) is 30.2. The van der Waals surface area contributed by atoms with E-state index in [1.807, 2.05) is 36.4 Å². The number of para-hydroxylation sites is 1. The van der Waals surface area contributed by atoms with Crippen molar-refractivity contribution in [2.24, 2.45) is 0 Å². The molecule has 0 atom stereocenters. The highest BCUT2D eigenvalue weighted by molar-refractivity contribution is 6.07. The van der Waals surface area contributed by atoms with E-state index in [9.17, 15) is 19.5 Å². The molecule has 0 aliphatic heterocycles. The third-order valence-corrected chi connectivity index (χ3v) is 7.51. The molecule has 1 aromatic heterocycles. The summed E-state index contributed by atoms with van der Waals surface area (Å²) in [5.74, 6) is 0.289. The SMILES string of the molecule is CCCCC(=O)NC1CCC(Oc2ccc3cc(Oc4ccc(C(=O)Nc5ccccc5C(=O)O)cn4)ccc3c2)CC1. The van der Waals surface area contributed by atoms with Crippen molar-refractivity contribution in [2.75, 3.05) is 5.32 Å². The summed E-state index contributed by atoms with van der Waals surface area (Å²) in [6.45, 7) is 2.09. The van der Waals surface area contributed by atoms with Crippen molar-refractivity contribution in [3.63, 3.8) is 0 Å². The van der Waals surface area contributed by atoms with Gasteiger partial charge in [0.1, 0.15) is 11.5 Å². The van der Waals surface area contributed by atoms with Crippen molar-refractivity contribution in [3.8, 4) is 17.4 Å². The Labute approximate surface area is 250 Å². The van der Waals surface area contributed by atoms with Gasteiger partial charge in [0.05, 0.1) is 22.9 Å². The van der Waals surface area contributed by atoms with Crippen LogP contribution in [0.1, 0.15) is 72.6 Å². The molecule has 3 aromatic carbocycles. The van der Waals surface area contributed by atoms with Crippen LogP contribution in [0.3, 0.4) is 0 Å². The molecule has 0 bridgehead atoms. The Morgan fingerprint density at radius 2 is 1.63 bits per heavy atom. The molecule has 9 nitrogen and oxygen atoms in total. The number of unbranched alkanes of at least 4 members (excludes halogenated alkanes) is 1. The van der Waals surface area contributed by atoms with E-state index in [0.29, 0.717) is 18.1 Å². The van der Waals surface area contributed by atoms with Gasteiger partial charge in [-0.2, -0.15) is 0 Å². The van der Waals surface area contributed by atoms with Crippen LogP contribution in [0.25, 0.3) is 10.8 Å². The number of carbonyl (C=O) groups excluding carboxylic acids is 2. The largest absolute Gasteiger partial charge is 0.490 e. The predicted octanol–water partition coefficient (Wildman–Crippen LogP) is 6.97. The van der Waals surface area contributed by atoms with Gasteiger partial charge in [-0.3, -0.25) is 9.59 Å². The molecule has 0 radical (unpaired) electrons. The fourth-order valence-electron chi connectivity index (χ4n) is 5.16. The van der Waals surface area contributed by atoms with E-state index in [0.717, 1.165) is 55.0 Å². The van der Waals surface area contributed by atoms with Crippen LogP contribution in [-0.4, -0.2) is 40.0 Å². The molecule has 0 saturated heterocycles. The number of pyridine rings is 1. The van der Waals surface area contributed by atoms with Gasteiger partial charge in [-0.05, 0) is 85.3 Å². The van der Waals surface area contributed by atoms with E-state index in [-0.39, 0.29) is 34.9 Å². The lowest BCUT2D eigenvalue weighted by molar-refractivity contribution is -0.122. The predicted molar refractivity (Wildman–Crippen MR) is 164 cm³/mol. The summed E-state index contributed by atoms with van der Waals surface area (Å²) in [6.07, 6.45) is 7.74. The summed E-state index contributed by atoms with van der Waals surface area (Å²) >= 11 is 0. The van der Waals surface area contributed by atoms with Crippen LogP contribution >= 0.6 is 0 Å². The lowest BCUT2D eigenvalue weighted by atomic mass is 9.92. The number of hydrogen-bond acceptors (Lipinski definition) is 6. The zero-order valence-corrected chi connectivity index (χ0v) is 24.0. The van der Waals surface area contributed by atoms with Gasteiger partial charge in [0.25, 0.3) is 5.91 Å². The number of nitrogens with one attached hydrogen (secondary N) is 2. The highest BCUT2D eigenvalue weighted by Gasteiger charge is 2.23. The smallest absolute Gasteiger partial charge is 0.337 e. The number of rotatable bonds is 11. The minimum atomic E-state index is -1.12. The van der Waals surface area contributed by atoms with Gasteiger partial charge in [-0.1, -0.05) is 37.6 Å². The molecule has 5 rings (SSSR count). The van der Waals surface area contributed by atoms with E-state index in [4.69, 9.17) is 9.47 Å². The van der Waals surface area contributed by atoms with Crippen molar-refractivity contribution in [3.05, 3.63) is 90.1 Å². The molecule has 0 spiro atoms. The van der Waals surface area contributed by atoms with Gasteiger partial charge >= 0.3 is 5.97 Å². The quantitative estimate of drug-likeness (QED) is 0.174. The number of aromatic nitrogens is 1. The molecule has 43 heavy (non-hydrogen) atoms. The molecule has 0 unspecified atom stereocenters. The fraction of sp³-hybridized carbons (Fsp3) is 0.294. The number of nitrogens with zero attached hydrogens (tertiary/aromatic N) is 1. The average molecular weight is 582 g/mol. The first-order valence-electron chi connectivity index (χ1n) is 14.7. The summed E-state index contributed by atoms with van der Waals surface area (Å²) in [7, 11) is 0. The molecular weight excluding hydrogens is 546 g/mol. The van der Waals surface area contributed by atoms with E-state index in [1.165, 1.54) is 18.3 Å². The summed E-state index contributed by atoms with van der Waals surface area (Å²) in [5.41, 5.74) is 0.482. The van der Waals surface area contributed by atoms with Gasteiger partial charge in [0.15, 0.2) is 0 Å². The molecule has 3 N–H and O–H groups in total. The monoisotopic (exact) mass is 581 g/mol. The fourth-order valence-corrected chi connectivity index (χ4v) is 5.16. The number of fused-ring (bicyclic) bond motifs is 1. The van der Waals surface area contributed by atoms with E-state index in [2.05, 4.69) is 22.5 Å². The maximum absolute atomic E-state index is 12.6. The standard InChI is InChI=1S/C34H35N3O6/c1-2-3-8-31(38)36-25-12-16-26(17-13-25)42-27-14-9-23-20-28(15-10-22(23)19-27)43-32-18-11-24(21-35-32)33(39)37-30-7-5-4-6-29(30)34(40)41/h4-7,9-11,14-15,18-21,25-26H,2-3,8,12-13,16-17H2,1H3,(H,36,38)(H,37,39)(H,40,41). The van der Waals surface area contributed by atoms with Crippen molar-refractivity contribution in [1.82, 2.24) is 10.3 Å². The van der Waals surface area contributed by atoms with Crippen molar-refractivity contribution < 1.29 is 29.0 Å². The lowest BCUT2D eigenvalue weighted by Crippen LogP contribution is -2.39. The van der Waals surface area contributed by atoms with Crippen LogP contribution in [-0.2, 0) is 4.79 Å². The number of anilines is 1. The first kappa shape index (κ1) is 29.6. The highest BCUT2D eigenvalue weighted by atomic mass is 16.5. The summed E-state index contributed by atoms with van der Waals surface area (Å²) < 4.78 is 12.2. The minimum absolute atomic E-state index is 0.00525. The van der Waals surface area contributed by atoms with Crippen LogP contribution in [0.4, 0.5) is 5.69 Å². The Balaban J connectivity index is 1.14. The van der Waals surface area contributed by atoms with Crippen LogP contribution in [0, 0.1) is 0 Å². The van der Waals surface area contributed by atoms with Crippen molar-refractivity contribution >= 4 is 34.2 Å². The molecule has 1 aliphatic rings. The van der Waals surface area contributed by atoms with Gasteiger partial charge in [0, 0.05) is 24.7 Å². The molecular formula is C34H35N3O6. The number of benzene rings is 3. The van der Waals surface area contributed by atoms with Gasteiger partial charge < -0.3 is 25.2 Å². The Hall–Kier alpha value is -4.92. The maximum atomic E-state index is 12.6. The molecule has 9 heteroatoms. The topological polar surface area (TPSA) is 127 Å². The minimum Gasteiger partial charge on any atom is -0.490 e. The van der Waals surface area contributed by atoms with Gasteiger partial charge in [0.2, 0.25) is 11.8 Å². The second kappa shape index (κ2) is 13.8. The van der Waals surface area contributed by atoms with Crippen LogP contribution < -0.4 is 20.1 Å². The number of carboxylic acid groups (broad SMARTS) is 1. The van der Waals surface area contributed by atoms with Crippen LogP contribution in [0.2, 0.25) is 0 Å². The van der Waals surface area contributed by atoms with E-state index in [1.54, 1.807) is 24.3 Å². The lowest BCUT2D eigenvalue weighted by Gasteiger charge is -2.29. The van der Waals surface area contributed by atoms with Crippen LogP contribution in [0.15, 0.2) is 79.0 Å². The third kappa shape index (κ3) is 7.88. The Bertz CT molecular complexity index is 1600. The highest BCUT2D eigenvalue weighted by Crippen LogP contribution is 2.30. The van der Waals surface area contributed by atoms with Gasteiger partial charge in [-0.15, -0.1) is 0 Å². The second-order valence-corrected chi connectivity index (χ2v) is 10.7. The molecule has 1 fully saturated rings. The van der Waals surface area contributed by atoms with Crippen molar-refractivity contribution in [1.29, 1.82) is 0 Å². The number of hydrogen-bond donors (Lipinski definition) is 3. The molecule has 1 saturated carbocycles. The molecule has 2 amide bonds. The van der Waals surface area contributed by atoms with Gasteiger partial charge in [-0.25, -0.2) is 9.78 Å². The molecule has 1 aliphatic carbocycles. The molecule has 4 aromatic rings. The van der Waals surface area contributed by atoms with E-state index < -0.39 is 11.9 Å². The third-order valence-electron chi connectivity index (χ3n) is 7.51. The number of aromatic carboxylic acids is 1. The van der Waals surface area contributed by atoms with E-state index >= 15 is 0 Å². The Morgan fingerprint density at radius 1 is 0.907 bits per heavy atom. The first-order valence-corrected chi connectivity index (χ1v) is 14.7. The average Bonchev–Trinajstić information content (AvgIpc) is 3.01. The maximum Gasteiger partial charge on any atom is 0.337 e. The normalized spacial score (nSPS) is 16.3.